The Bertz CT molecular complexity index is 1750. The van der Waals surface area contributed by atoms with Crippen molar-refractivity contribution in [3.8, 4) is 17.1 Å². The van der Waals surface area contributed by atoms with E-state index in [0.717, 1.165) is 39.2 Å². The van der Waals surface area contributed by atoms with E-state index in [4.69, 9.17) is 9.15 Å². The number of H-pyrrole nitrogens is 1. The third kappa shape index (κ3) is 4.15. The van der Waals surface area contributed by atoms with Gasteiger partial charge in [-0.25, -0.2) is 9.78 Å². The number of methoxy groups -OCH3 is 1. The number of aromatic nitrogens is 2. The van der Waals surface area contributed by atoms with E-state index >= 15 is 0 Å². The van der Waals surface area contributed by atoms with Crippen LogP contribution in [0.2, 0.25) is 0 Å². The van der Waals surface area contributed by atoms with Crippen molar-refractivity contribution in [2.24, 2.45) is 0 Å². The third-order valence-electron chi connectivity index (χ3n) is 7.02. The molecule has 0 radical (unpaired) electrons. The average molecular weight is 524 g/mol. The summed E-state index contributed by atoms with van der Waals surface area (Å²) >= 11 is 0. The van der Waals surface area contributed by atoms with Crippen molar-refractivity contribution in [1.29, 1.82) is 0 Å². The Morgan fingerprint density at radius 1 is 1.03 bits per heavy atom. The number of furan rings is 1. The van der Waals surface area contributed by atoms with Gasteiger partial charge in [0.15, 0.2) is 11.1 Å². The number of rotatable bonds is 3. The lowest BCUT2D eigenvalue weighted by atomic mass is 10.00. The van der Waals surface area contributed by atoms with Crippen LogP contribution >= 0.6 is 0 Å². The second kappa shape index (κ2) is 9.02. The number of imide groups is 1. The highest BCUT2D eigenvalue weighted by Gasteiger charge is 2.46. The summed E-state index contributed by atoms with van der Waals surface area (Å²) in [5.41, 5.74) is 4.48. The fourth-order valence-corrected chi connectivity index (χ4v) is 4.80. The Morgan fingerprint density at radius 3 is 2.59 bits per heavy atom. The molecule has 2 aromatic carbocycles. The number of pyridine rings is 1. The van der Waals surface area contributed by atoms with Crippen molar-refractivity contribution >= 4 is 39.8 Å². The molecule has 7 rings (SSSR count). The standard InChI is InChI=1S/C19H14N4O3.C10H11NO2/c1-19(17(24)22-18(25)23-19)16-9-14-15(26-16)7-6-12(21-14)13-8-10-4-2-3-5-11(10)20-13;1-11-6-7-3-4-8(13-2)5-9(7)10(11)12/h2-9,20H,1H3,(H2,22,23,24,25);3-5H,6H2,1-2H3. The molecule has 1 saturated heterocycles. The van der Waals surface area contributed by atoms with Crippen molar-refractivity contribution in [2.75, 3.05) is 14.2 Å². The quantitative estimate of drug-likeness (QED) is 0.302. The second-order valence-corrected chi connectivity index (χ2v) is 9.68. The number of nitrogens with one attached hydrogen (secondary N) is 3. The Hall–Kier alpha value is -5.12. The number of hydrogen-bond acceptors (Lipinski definition) is 6. The molecule has 5 heterocycles. The Balaban J connectivity index is 0.000000179. The number of benzene rings is 2. The van der Waals surface area contributed by atoms with E-state index in [0.29, 0.717) is 23.4 Å². The summed E-state index contributed by atoms with van der Waals surface area (Å²) in [4.78, 5) is 44.8. The number of amides is 4. The molecule has 1 atom stereocenters. The molecular formula is C29H25N5O5. The number of carbonyl (C=O) groups is 3. The van der Waals surface area contributed by atoms with Gasteiger partial charge in [0, 0.05) is 36.1 Å². The van der Waals surface area contributed by atoms with Crippen molar-refractivity contribution in [3.05, 3.63) is 83.6 Å². The molecule has 196 valence electrons. The molecule has 2 aliphatic heterocycles. The normalized spacial score (nSPS) is 18.1. The first-order chi connectivity index (χ1) is 18.7. The van der Waals surface area contributed by atoms with Crippen molar-refractivity contribution < 1.29 is 23.5 Å². The lowest BCUT2D eigenvalue weighted by Gasteiger charge is -2.16. The highest BCUT2D eigenvalue weighted by atomic mass is 16.5. The highest BCUT2D eigenvalue weighted by molar-refractivity contribution is 6.07. The molecule has 4 amide bonds. The smallest absolute Gasteiger partial charge is 0.322 e. The summed E-state index contributed by atoms with van der Waals surface area (Å²) in [6.45, 7) is 2.31. The minimum Gasteiger partial charge on any atom is -0.497 e. The number of urea groups is 1. The number of nitrogens with zero attached hydrogens (tertiary/aromatic N) is 2. The fraction of sp³-hybridized carbons (Fsp3) is 0.172. The van der Waals surface area contributed by atoms with E-state index in [2.05, 4.69) is 20.6 Å². The van der Waals surface area contributed by atoms with E-state index in [1.54, 1.807) is 38.1 Å². The first-order valence-corrected chi connectivity index (χ1v) is 12.3. The van der Waals surface area contributed by atoms with Crippen LogP contribution in [-0.2, 0) is 16.9 Å². The SMILES string of the molecule is CC1(c2cc3nc(-c4cc5ccccc5[nH]4)ccc3o2)NC(=O)NC1=O.COc1ccc2c(c1)C(=O)N(C)C2. The van der Waals surface area contributed by atoms with Crippen LogP contribution in [0.5, 0.6) is 5.75 Å². The summed E-state index contributed by atoms with van der Waals surface area (Å²) in [5, 5.41) is 5.93. The first kappa shape index (κ1) is 24.2. The molecule has 0 spiro atoms. The van der Waals surface area contributed by atoms with Crippen LogP contribution in [-0.4, -0.2) is 46.9 Å². The van der Waals surface area contributed by atoms with Gasteiger partial charge in [-0.1, -0.05) is 24.3 Å². The molecule has 5 aromatic rings. The molecule has 0 saturated carbocycles. The van der Waals surface area contributed by atoms with Gasteiger partial charge >= 0.3 is 6.03 Å². The van der Waals surface area contributed by atoms with Gasteiger partial charge in [-0.3, -0.25) is 14.9 Å². The Kier molecular flexibility index (Phi) is 5.60. The zero-order valence-corrected chi connectivity index (χ0v) is 21.5. The first-order valence-electron chi connectivity index (χ1n) is 12.3. The van der Waals surface area contributed by atoms with Gasteiger partial charge < -0.3 is 24.4 Å². The fourth-order valence-electron chi connectivity index (χ4n) is 4.80. The largest absolute Gasteiger partial charge is 0.497 e. The van der Waals surface area contributed by atoms with Crippen LogP contribution < -0.4 is 15.4 Å². The zero-order valence-electron chi connectivity index (χ0n) is 21.5. The summed E-state index contributed by atoms with van der Waals surface area (Å²) in [6.07, 6.45) is 0. The monoisotopic (exact) mass is 523 g/mol. The number of fused-ring (bicyclic) bond motifs is 3. The predicted octanol–water partition coefficient (Wildman–Crippen LogP) is 4.31. The van der Waals surface area contributed by atoms with Gasteiger partial charge in [0.2, 0.25) is 0 Å². The number of ether oxygens (including phenoxy) is 1. The van der Waals surface area contributed by atoms with Gasteiger partial charge in [0.25, 0.3) is 11.8 Å². The highest BCUT2D eigenvalue weighted by Crippen LogP contribution is 2.31. The number of aromatic amines is 1. The third-order valence-corrected chi connectivity index (χ3v) is 7.02. The van der Waals surface area contributed by atoms with Crippen LogP contribution in [0.15, 0.2) is 71.1 Å². The van der Waals surface area contributed by atoms with E-state index in [9.17, 15) is 14.4 Å². The minimum atomic E-state index is -1.24. The van der Waals surface area contributed by atoms with Crippen LogP contribution in [0.3, 0.4) is 0 Å². The maximum Gasteiger partial charge on any atom is 0.322 e. The summed E-state index contributed by atoms with van der Waals surface area (Å²) in [5.74, 6) is 0.714. The van der Waals surface area contributed by atoms with Crippen molar-refractivity contribution in [2.45, 2.75) is 19.0 Å². The summed E-state index contributed by atoms with van der Waals surface area (Å²) < 4.78 is 10.8. The molecule has 39 heavy (non-hydrogen) atoms. The molecule has 10 heteroatoms. The topological polar surface area (TPSA) is 130 Å². The Morgan fingerprint density at radius 2 is 1.85 bits per heavy atom. The van der Waals surface area contributed by atoms with Crippen LogP contribution in [0, 0.1) is 0 Å². The molecule has 1 unspecified atom stereocenters. The van der Waals surface area contributed by atoms with Gasteiger partial charge in [0.1, 0.15) is 17.0 Å². The lowest BCUT2D eigenvalue weighted by molar-refractivity contribution is -0.124. The Labute approximate surface area is 223 Å². The number of carbonyl (C=O) groups excluding carboxylic acids is 3. The maximum absolute atomic E-state index is 12.1. The van der Waals surface area contributed by atoms with Crippen LogP contribution in [0.4, 0.5) is 4.79 Å². The van der Waals surface area contributed by atoms with Crippen LogP contribution in [0.1, 0.15) is 28.6 Å². The molecule has 0 aliphatic carbocycles. The maximum atomic E-state index is 12.1. The number of hydrogen-bond donors (Lipinski definition) is 3. The zero-order chi connectivity index (χ0) is 27.3. The van der Waals surface area contributed by atoms with Gasteiger partial charge in [-0.2, -0.15) is 0 Å². The van der Waals surface area contributed by atoms with Crippen LogP contribution in [0.25, 0.3) is 33.4 Å². The van der Waals surface area contributed by atoms with Gasteiger partial charge in [-0.15, -0.1) is 0 Å². The average Bonchev–Trinajstić information content (AvgIpc) is 3.68. The van der Waals surface area contributed by atoms with E-state index in [-0.39, 0.29) is 5.91 Å². The van der Waals surface area contributed by atoms with Gasteiger partial charge in [-0.05, 0) is 48.9 Å². The van der Waals surface area contributed by atoms with E-state index in [1.807, 2.05) is 54.6 Å². The lowest BCUT2D eigenvalue weighted by Crippen LogP contribution is -2.40. The molecule has 1 fully saturated rings. The second-order valence-electron chi connectivity index (χ2n) is 9.68. The number of para-hydroxylation sites is 1. The molecule has 10 nitrogen and oxygen atoms in total. The molecule has 0 bridgehead atoms. The van der Waals surface area contributed by atoms with Crippen molar-refractivity contribution in [3.63, 3.8) is 0 Å². The predicted molar refractivity (Wildman–Crippen MR) is 144 cm³/mol. The molecule has 2 aliphatic rings. The minimum absolute atomic E-state index is 0.0777. The summed E-state index contributed by atoms with van der Waals surface area (Å²) in [6, 6.07) is 20.5. The molecule has 3 N–H and O–H groups in total. The molecular weight excluding hydrogens is 498 g/mol. The van der Waals surface area contributed by atoms with E-state index in [1.165, 1.54) is 0 Å². The van der Waals surface area contributed by atoms with Gasteiger partial charge in [0.05, 0.1) is 18.5 Å². The van der Waals surface area contributed by atoms with Crippen molar-refractivity contribution in [1.82, 2.24) is 25.5 Å². The van der Waals surface area contributed by atoms with E-state index < -0.39 is 17.5 Å². The molecule has 3 aromatic heterocycles. The summed E-state index contributed by atoms with van der Waals surface area (Å²) in [7, 11) is 3.40.